The molecule has 0 atom stereocenters. The van der Waals surface area contributed by atoms with Crippen LogP contribution in [0, 0.1) is 0 Å². The Labute approximate surface area is 77.8 Å². The van der Waals surface area contributed by atoms with Crippen molar-refractivity contribution >= 4 is 5.97 Å². The number of carbonyl (C=O) groups is 1. The maximum Gasteiger partial charge on any atom is 0.417 e. The van der Waals surface area contributed by atoms with Crippen LogP contribution < -0.4 is 5.73 Å². The zero-order valence-corrected chi connectivity index (χ0v) is 7.39. The van der Waals surface area contributed by atoms with E-state index in [9.17, 15) is 18.0 Å². The van der Waals surface area contributed by atoms with E-state index in [1.165, 1.54) is 0 Å². The summed E-state index contributed by atoms with van der Waals surface area (Å²) < 4.78 is 40.6. The largest absolute Gasteiger partial charge is 0.468 e. The van der Waals surface area contributed by atoms with E-state index in [4.69, 9.17) is 10.8 Å². The highest BCUT2D eigenvalue weighted by Gasteiger charge is 2.69. The Morgan fingerprint density at radius 2 is 1.93 bits per heavy atom. The van der Waals surface area contributed by atoms with Crippen LogP contribution in [0.3, 0.4) is 0 Å². The van der Waals surface area contributed by atoms with E-state index in [-0.39, 0.29) is 0 Å². The monoisotopic (exact) mass is 213 g/mol. The fourth-order valence-corrected chi connectivity index (χ4v) is 1.54. The Morgan fingerprint density at radius 1 is 1.50 bits per heavy atom. The molecule has 1 fully saturated rings. The predicted octanol–water partition coefficient (Wildman–Crippen LogP) is -0.0559. The first-order valence-corrected chi connectivity index (χ1v) is 3.81. The summed E-state index contributed by atoms with van der Waals surface area (Å²) in [4.78, 5) is 10.9. The van der Waals surface area contributed by atoms with Gasteiger partial charge in [-0.05, 0) is 0 Å². The Hall–Kier alpha value is -0.820. The predicted molar refractivity (Wildman–Crippen MR) is 39.2 cm³/mol. The maximum absolute atomic E-state index is 12.1. The lowest BCUT2D eigenvalue weighted by Gasteiger charge is -2.49. The van der Waals surface area contributed by atoms with Crippen molar-refractivity contribution in [3.05, 3.63) is 0 Å². The van der Waals surface area contributed by atoms with Crippen molar-refractivity contribution < 1.29 is 27.8 Å². The number of esters is 1. The van der Waals surface area contributed by atoms with Crippen LogP contribution in [-0.2, 0) is 9.53 Å². The first-order chi connectivity index (χ1) is 6.15. The SMILES string of the molecule is COC(=O)C1(N)CC(O)(C(F)(F)F)C1. The summed E-state index contributed by atoms with van der Waals surface area (Å²) in [6.45, 7) is 0. The standard InChI is InChI=1S/C7H10F3NO3/c1-14-4(12)5(11)2-6(13,3-5)7(8,9)10/h13H,2-3,11H2,1H3. The van der Waals surface area contributed by atoms with Gasteiger partial charge in [-0.25, -0.2) is 0 Å². The molecule has 0 bridgehead atoms. The molecule has 1 saturated carbocycles. The second kappa shape index (κ2) is 2.83. The summed E-state index contributed by atoms with van der Waals surface area (Å²) in [6.07, 6.45) is -6.46. The topological polar surface area (TPSA) is 72.5 Å². The van der Waals surface area contributed by atoms with Gasteiger partial charge in [-0.2, -0.15) is 13.2 Å². The fraction of sp³-hybridized carbons (Fsp3) is 0.857. The quantitative estimate of drug-likeness (QED) is 0.599. The number of rotatable bonds is 1. The molecule has 1 aliphatic carbocycles. The average Bonchev–Trinajstić information content (AvgIpc) is 1.98. The van der Waals surface area contributed by atoms with Gasteiger partial charge in [0.2, 0.25) is 0 Å². The van der Waals surface area contributed by atoms with E-state index in [2.05, 4.69) is 4.74 Å². The molecule has 4 nitrogen and oxygen atoms in total. The van der Waals surface area contributed by atoms with Crippen LogP contribution in [0.2, 0.25) is 0 Å². The third-order valence-corrected chi connectivity index (χ3v) is 2.34. The number of methoxy groups -OCH3 is 1. The van der Waals surface area contributed by atoms with E-state index >= 15 is 0 Å². The van der Waals surface area contributed by atoms with Gasteiger partial charge in [-0.1, -0.05) is 0 Å². The van der Waals surface area contributed by atoms with Crippen molar-refractivity contribution in [1.29, 1.82) is 0 Å². The fourth-order valence-electron chi connectivity index (χ4n) is 1.54. The zero-order valence-electron chi connectivity index (χ0n) is 7.39. The maximum atomic E-state index is 12.1. The van der Waals surface area contributed by atoms with E-state index in [1.807, 2.05) is 0 Å². The Bertz CT molecular complexity index is 257. The molecule has 1 aliphatic rings. The van der Waals surface area contributed by atoms with Crippen molar-refractivity contribution in [3.63, 3.8) is 0 Å². The number of carbonyl (C=O) groups excluding carboxylic acids is 1. The smallest absolute Gasteiger partial charge is 0.417 e. The molecular weight excluding hydrogens is 203 g/mol. The Balaban J connectivity index is 2.71. The van der Waals surface area contributed by atoms with Crippen molar-refractivity contribution in [2.24, 2.45) is 5.73 Å². The van der Waals surface area contributed by atoms with Gasteiger partial charge in [0.25, 0.3) is 0 Å². The van der Waals surface area contributed by atoms with Crippen LogP contribution in [0.5, 0.6) is 0 Å². The van der Waals surface area contributed by atoms with Gasteiger partial charge in [-0.15, -0.1) is 0 Å². The molecule has 0 aromatic heterocycles. The highest BCUT2D eigenvalue weighted by Crippen LogP contribution is 2.49. The van der Waals surface area contributed by atoms with Gasteiger partial charge < -0.3 is 15.6 Å². The highest BCUT2D eigenvalue weighted by molar-refractivity contribution is 5.82. The number of hydrogen-bond acceptors (Lipinski definition) is 4. The molecule has 0 heterocycles. The minimum absolute atomic E-state index is 0.851. The molecule has 0 spiro atoms. The van der Waals surface area contributed by atoms with Gasteiger partial charge in [0.05, 0.1) is 7.11 Å². The van der Waals surface area contributed by atoms with Crippen LogP contribution in [0.1, 0.15) is 12.8 Å². The van der Waals surface area contributed by atoms with Crippen molar-refractivity contribution in [1.82, 2.24) is 0 Å². The molecule has 0 radical (unpaired) electrons. The average molecular weight is 213 g/mol. The van der Waals surface area contributed by atoms with Gasteiger partial charge in [0, 0.05) is 12.8 Å². The van der Waals surface area contributed by atoms with Crippen LogP contribution in [0.4, 0.5) is 13.2 Å². The number of ether oxygens (including phenoxy) is 1. The summed E-state index contributed by atoms with van der Waals surface area (Å²) in [5, 5.41) is 9.01. The third kappa shape index (κ3) is 1.46. The van der Waals surface area contributed by atoms with Crippen molar-refractivity contribution in [2.75, 3.05) is 7.11 Å². The zero-order chi connectivity index (χ0) is 11.2. The minimum Gasteiger partial charge on any atom is -0.468 e. The minimum atomic E-state index is -4.76. The van der Waals surface area contributed by atoms with E-state index in [1.54, 1.807) is 0 Å². The van der Waals surface area contributed by atoms with Gasteiger partial charge in [0.1, 0.15) is 5.54 Å². The van der Waals surface area contributed by atoms with Gasteiger partial charge in [0.15, 0.2) is 5.60 Å². The molecule has 0 unspecified atom stereocenters. The van der Waals surface area contributed by atoms with E-state index in [0.29, 0.717) is 0 Å². The lowest BCUT2D eigenvalue weighted by atomic mass is 9.65. The first kappa shape index (κ1) is 11.3. The highest BCUT2D eigenvalue weighted by atomic mass is 19.4. The first-order valence-electron chi connectivity index (χ1n) is 3.81. The number of hydrogen-bond donors (Lipinski definition) is 2. The molecule has 0 saturated heterocycles. The number of aliphatic hydroxyl groups is 1. The Morgan fingerprint density at radius 3 is 2.21 bits per heavy atom. The molecule has 3 N–H and O–H groups in total. The summed E-state index contributed by atoms with van der Waals surface area (Å²) >= 11 is 0. The van der Waals surface area contributed by atoms with Gasteiger partial charge in [-0.3, -0.25) is 4.79 Å². The normalized spacial score (nSPS) is 37.6. The number of alkyl halides is 3. The molecule has 0 aromatic rings. The summed E-state index contributed by atoms with van der Waals surface area (Å²) in [7, 11) is 1.03. The number of nitrogens with two attached hydrogens (primary N) is 1. The molecule has 7 heteroatoms. The number of halogens is 3. The molecule has 1 rings (SSSR count). The molecule has 0 aromatic carbocycles. The van der Waals surface area contributed by atoms with Crippen molar-refractivity contribution in [3.8, 4) is 0 Å². The lowest BCUT2D eigenvalue weighted by molar-refractivity contribution is -0.300. The van der Waals surface area contributed by atoms with Crippen LogP contribution >= 0.6 is 0 Å². The summed E-state index contributed by atoms with van der Waals surface area (Å²) in [6, 6.07) is 0. The summed E-state index contributed by atoms with van der Waals surface area (Å²) in [5.74, 6) is -0.938. The second-order valence-electron chi connectivity index (χ2n) is 3.53. The van der Waals surface area contributed by atoms with Crippen molar-refractivity contribution in [2.45, 2.75) is 30.2 Å². The lowest BCUT2D eigenvalue weighted by Crippen LogP contribution is -2.71. The van der Waals surface area contributed by atoms with Gasteiger partial charge >= 0.3 is 12.1 Å². The third-order valence-electron chi connectivity index (χ3n) is 2.34. The molecule has 0 aliphatic heterocycles. The van der Waals surface area contributed by atoms with E-state index in [0.717, 1.165) is 7.11 Å². The Kier molecular flexibility index (Phi) is 2.28. The molecule has 0 amide bonds. The molecular formula is C7H10F3NO3. The van der Waals surface area contributed by atoms with E-state index < -0.39 is 36.1 Å². The van der Waals surface area contributed by atoms with Crippen LogP contribution in [-0.4, -0.2) is 35.5 Å². The molecule has 14 heavy (non-hydrogen) atoms. The second-order valence-corrected chi connectivity index (χ2v) is 3.53. The summed E-state index contributed by atoms with van der Waals surface area (Å²) in [5.41, 5.74) is 0.734. The van der Waals surface area contributed by atoms with Crippen LogP contribution in [0.25, 0.3) is 0 Å². The molecule has 82 valence electrons. The van der Waals surface area contributed by atoms with Crippen LogP contribution in [0.15, 0.2) is 0 Å².